The van der Waals surface area contributed by atoms with E-state index in [2.05, 4.69) is 9.47 Å². The summed E-state index contributed by atoms with van der Waals surface area (Å²) in [6.07, 6.45) is -0.968. The first-order valence-electron chi connectivity index (χ1n) is 5.10. The van der Waals surface area contributed by atoms with Gasteiger partial charge >= 0.3 is 11.9 Å². The van der Waals surface area contributed by atoms with Crippen molar-refractivity contribution >= 4 is 11.9 Å². The van der Waals surface area contributed by atoms with Gasteiger partial charge < -0.3 is 14.2 Å². The second kappa shape index (κ2) is 4.45. The Balaban J connectivity index is 2.40. The molecule has 0 fully saturated rings. The summed E-state index contributed by atoms with van der Waals surface area (Å²) in [5.74, 6) is -1.34. The minimum Gasteiger partial charge on any atom is -0.477 e. The van der Waals surface area contributed by atoms with Gasteiger partial charge in [0.15, 0.2) is 0 Å². The fourth-order valence-corrected chi connectivity index (χ4v) is 1.89. The molecular formula is C12H12O5. The van der Waals surface area contributed by atoms with E-state index in [1.165, 1.54) is 14.2 Å². The van der Waals surface area contributed by atoms with E-state index in [0.29, 0.717) is 11.3 Å². The summed E-state index contributed by atoms with van der Waals surface area (Å²) >= 11 is 0. The standard InChI is InChI=1S/C12H12O5/c1-15-11(13)9-7-5-3-4-6-8(7)17-10(9)12(14)16-2/h3-6,9-10H,1-2H3. The molecule has 1 aliphatic rings. The van der Waals surface area contributed by atoms with Crippen LogP contribution in [0.3, 0.4) is 0 Å². The highest BCUT2D eigenvalue weighted by atomic mass is 16.6. The van der Waals surface area contributed by atoms with E-state index >= 15 is 0 Å². The number of methoxy groups -OCH3 is 2. The third-order valence-corrected chi connectivity index (χ3v) is 2.70. The Bertz CT molecular complexity index is 454. The van der Waals surface area contributed by atoms with Crippen molar-refractivity contribution in [3.63, 3.8) is 0 Å². The maximum absolute atomic E-state index is 11.7. The van der Waals surface area contributed by atoms with Crippen molar-refractivity contribution in [2.24, 2.45) is 0 Å². The summed E-state index contributed by atoms with van der Waals surface area (Å²) in [4.78, 5) is 23.3. The first-order chi connectivity index (χ1) is 8.19. The zero-order valence-electron chi connectivity index (χ0n) is 9.51. The Hall–Kier alpha value is -2.04. The quantitative estimate of drug-likeness (QED) is 0.713. The largest absolute Gasteiger partial charge is 0.477 e. The van der Waals surface area contributed by atoms with Gasteiger partial charge in [0, 0.05) is 5.56 Å². The van der Waals surface area contributed by atoms with E-state index in [1.807, 2.05) is 0 Å². The number of ether oxygens (including phenoxy) is 3. The second-order valence-electron chi connectivity index (χ2n) is 3.60. The minimum absolute atomic E-state index is 0.509. The lowest BCUT2D eigenvalue weighted by molar-refractivity contribution is -0.155. The van der Waals surface area contributed by atoms with E-state index in [4.69, 9.17) is 4.74 Å². The van der Waals surface area contributed by atoms with Crippen LogP contribution in [0.4, 0.5) is 0 Å². The molecule has 0 spiro atoms. The van der Waals surface area contributed by atoms with Gasteiger partial charge in [-0.15, -0.1) is 0 Å². The Morgan fingerprint density at radius 1 is 1.12 bits per heavy atom. The molecule has 5 heteroatoms. The van der Waals surface area contributed by atoms with E-state index in [-0.39, 0.29) is 0 Å². The third-order valence-electron chi connectivity index (χ3n) is 2.70. The number of hydrogen-bond donors (Lipinski definition) is 0. The smallest absolute Gasteiger partial charge is 0.348 e. The van der Waals surface area contributed by atoms with Crippen LogP contribution in [0.25, 0.3) is 0 Å². The zero-order valence-corrected chi connectivity index (χ0v) is 9.51. The van der Waals surface area contributed by atoms with Gasteiger partial charge in [-0.1, -0.05) is 18.2 Å². The molecule has 0 amide bonds. The van der Waals surface area contributed by atoms with Crippen molar-refractivity contribution in [1.29, 1.82) is 0 Å². The number of esters is 2. The normalized spacial score (nSPS) is 21.3. The van der Waals surface area contributed by atoms with Gasteiger partial charge in [0.1, 0.15) is 11.7 Å². The van der Waals surface area contributed by atoms with Crippen molar-refractivity contribution < 1.29 is 23.8 Å². The highest BCUT2D eigenvalue weighted by Gasteiger charge is 2.45. The van der Waals surface area contributed by atoms with Crippen molar-refractivity contribution in [3.8, 4) is 5.75 Å². The fourth-order valence-electron chi connectivity index (χ4n) is 1.89. The predicted molar refractivity (Wildman–Crippen MR) is 57.6 cm³/mol. The Kier molecular flexibility index (Phi) is 2.99. The molecule has 0 N–H and O–H groups in total. The molecule has 1 aromatic rings. The summed E-state index contributed by atoms with van der Waals surface area (Å²) in [7, 11) is 2.53. The van der Waals surface area contributed by atoms with E-state index in [1.54, 1.807) is 24.3 Å². The molecule has 90 valence electrons. The number of carbonyl (C=O) groups is 2. The van der Waals surface area contributed by atoms with Gasteiger partial charge in [-0.25, -0.2) is 4.79 Å². The molecular weight excluding hydrogens is 224 g/mol. The Morgan fingerprint density at radius 2 is 1.76 bits per heavy atom. The molecule has 5 nitrogen and oxygen atoms in total. The van der Waals surface area contributed by atoms with E-state index in [0.717, 1.165) is 0 Å². The van der Waals surface area contributed by atoms with Crippen LogP contribution in [-0.4, -0.2) is 32.3 Å². The van der Waals surface area contributed by atoms with Gasteiger partial charge in [-0.3, -0.25) is 4.79 Å². The first-order valence-corrected chi connectivity index (χ1v) is 5.10. The third kappa shape index (κ3) is 1.84. The molecule has 1 aliphatic heterocycles. The lowest BCUT2D eigenvalue weighted by atomic mass is 9.95. The molecule has 2 rings (SSSR count). The van der Waals surface area contributed by atoms with Crippen LogP contribution in [-0.2, 0) is 19.1 Å². The summed E-state index contributed by atoms with van der Waals surface area (Å²) in [6, 6.07) is 6.98. The molecule has 1 heterocycles. The number of rotatable bonds is 2. The molecule has 0 saturated carbocycles. The van der Waals surface area contributed by atoms with Crippen LogP contribution in [0.15, 0.2) is 24.3 Å². The zero-order chi connectivity index (χ0) is 12.4. The van der Waals surface area contributed by atoms with Gasteiger partial charge in [0.2, 0.25) is 6.10 Å². The van der Waals surface area contributed by atoms with Crippen molar-refractivity contribution in [2.45, 2.75) is 12.0 Å². The topological polar surface area (TPSA) is 61.8 Å². The second-order valence-corrected chi connectivity index (χ2v) is 3.60. The molecule has 1 aromatic carbocycles. The fraction of sp³-hybridized carbons (Fsp3) is 0.333. The van der Waals surface area contributed by atoms with Crippen LogP contribution in [0.1, 0.15) is 11.5 Å². The van der Waals surface area contributed by atoms with E-state index < -0.39 is 24.0 Å². The molecule has 0 aliphatic carbocycles. The lowest BCUT2D eigenvalue weighted by Gasteiger charge is -2.14. The average Bonchev–Trinajstić information content (AvgIpc) is 2.76. The van der Waals surface area contributed by atoms with Gasteiger partial charge in [0.25, 0.3) is 0 Å². The number of fused-ring (bicyclic) bond motifs is 1. The maximum Gasteiger partial charge on any atom is 0.348 e. The first kappa shape index (κ1) is 11.4. The summed E-state index contributed by atoms with van der Waals surface area (Å²) < 4.78 is 14.7. The molecule has 17 heavy (non-hydrogen) atoms. The van der Waals surface area contributed by atoms with Gasteiger partial charge in [-0.05, 0) is 6.07 Å². The highest BCUT2D eigenvalue weighted by Crippen LogP contribution is 2.39. The SMILES string of the molecule is COC(=O)C1Oc2ccccc2C1C(=O)OC. The molecule has 2 atom stereocenters. The number of benzene rings is 1. The van der Waals surface area contributed by atoms with Crippen LogP contribution in [0, 0.1) is 0 Å². The van der Waals surface area contributed by atoms with Crippen LogP contribution < -0.4 is 4.74 Å². The summed E-state index contributed by atoms with van der Waals surface area (Å²) in [5, 5.41) is 0. The number of para-hydroxylation sites is 1. The van der Waals surface area contributed by atoms with Gasteiger partial charge in [0.05, 0.1) is 14.2 Å². The van der Waals surface area contributed by atoms with Crippen LogP contribution in [0.5, 0.6) is 5.75 Å². The molecule has 0 bridgehead atoms. The maximum atomic E-state index is 11.7. The van der Waals surface area contributed by atoms with Crippen molar-refractivity contribution in [3.05, 3.63) is 29.8 Å². The molecule has 0 saturated heterocycles. The predicted octanol–water partition coefficient (Wildman–Crippen LogP) is 0.877. The Morgan fingerprint density at radius 3 is 2.41 bits per heavy atom. The van der Waals surface area contributed by atoms with Crippen LogP contribution >= 0.6 is 0 Å². The van der Waals surface area contributed by atoms with Crippen molar-refractivity contribution in [2.75, 3.05) is 14.2 Å². The summed E-state index contributed by atoms with van der Waals surface area (Å²) in [6.45, 7) is 0. The van der Waals surface area contributed by atoms with Crippen LogP contribution in [0.2, 0.25) is 0 Å². The molecule has 2 unspecified atom stereocenters. The minimum atomic E-state index is -0.968. The number of hydrogen-bond acceptors (Lipinski definition) is 5. The molecule has 0 radical (unpaired) electrons. The summed E-state index contributed by atoms with van der Waals surface area (Å²) in [5.41, 5.74) is 0.648. The van der Waals surface area contributed by atoms with E-state index in [9.17, 15) is 9.59 Å². The lowest BCUT2D eigenvalue weighted by Crippen LogP contribution is -2.34. The van der Waals surface area contributed by atoms with Crippen molar-refractivity contribution in [1.82, 2.24) is 0 Å². The average molecular weight is 236 g/mol. The Labute approximate surface area is 98.3 Å². The highest BCUT2D eigenvalue weighted by molar-refractivity contribution is 5.90. The number of carbonyl (C=O) groups excluding carboxylic acids is 2. The van der Waals surface area contributed by atoms with Gasteiger partial charge in [-0.2, -0.15) is 0 Å². The molecule has 0 aromatic heterocycles. The monoisotopic (exact) mass is 236 g/mol.